The summed E-state index contributed by atoms with van der Waals surface area (Å²) in [5.74, 6) is 1.65. The third-order valence-corrected chi connectivity index (χ3v) is 6.28. The summed E-state index contributed by atoms with van der Waals surface area (Å²) >= 11 is 10.1. The molecule has 2 aromatic rings. The van der Waals surface area contributed by atoms with Crippen molar-refractivity contribution in [1.82, 2.24) is 0 Å². The maximum Gasteiger partial charge on any atom is 0.145 e. The Hall–Kier alpha value is -0.930. The van der Waals surface area contributed by atoms with E-state index >= 15 is 0 Å². The second kappa shape index (κ2) is 15.8. The zero-order valence-corrected chi connectivity index (χ0v) is 20.9. The van der Waals surface area contributed by atoms with Gasteiger partial charge in [0.25, 0.3) is 0 Å². The van der Waals surface area contributed by atoms with Crippen molar-refractivity contribution in [1.29, 1.82) is 0 Å². The third kappa shape index (κ3) is 9.06. The number of fused-ring (bicyclic) bond motifs is 1. The molecule has 0 fully saturated rings. The van der Waals surface area contributed by atoms with Crippen LogP contribution in [0.15, 0.2) is 30.3 Å². The molecular formula is C26H38BrClO2. The smallest absolute Gasteiger partial charge is 0.145 e. The van der Waals surface area contributed by atoms with Crippen LogP contribution in [0.5, 0.6) is 11.5 Å². The van der Waals surface area contributed by atoms with Gasteiger partial charge in [0.2, 0.25) is 0 Å². The zero-order chi connectivity index (χ0) is 21.4. The summed E-state index contributed by atoms with van der Waals surface area (Å²) in [4.78, 5) is 0. The van der Waals surface area contributed by atoms with Crippen LogP contribution in [0.25, 0.3) is 10.8 Å². The fourth-order valence-electron chi connectivity index (χ4n) is 3.69. The first-order chi connectivity index (χ1) is 14.8. The van der Waals surface area contributed by atoms with Gasteiger partial charge in [0.05, 0.1) is 18.2 Å². The molecule has 2 rings (SSSR count). The Balaban J connectivity index is 1.85. The normalized spacial score (nSPS) is 11.2. The van der Waals surface area contributed by atoms with E-state index in [9.17, 15) is 0 Å². The summed E-state index contributed by atoms with van der Waals surface area (Å²) < 4.78 is 12.2. The minimum absolute atomic E-state index is 0.643. The van der Waals surface area contributed by atoms with Crippen LogP contribution >= 0.6 is 27.5 Å². The number of rotatable bonds is 17. The number of alkyl halides is 1. The van der Waals surface area contributed by atoms with Crippen molar-refractivity contribution in [3.05, 3.63) is 35.4 Å². The van der Waals surface area contributed by atoms with Crippen LogP contribution in [-0.2, 0) is 0 Å². The van der Waals surface area contributed by atoms with E-state index in [1.165, 1.54) is 64.2 Å². The van der Waals surface area contributed by atoms with E-state index in [1.807, 2.05) is 18.2 Å². The molecule has 4 heteroatoms. The summed E-state index contributed by atoms with van der Waals surface area (Å²) in [6.45, 7) is 3.69. The fourth-order valence-corrected chi connectivity index (χ4v) is 4.34. The van der Waals surface area contributed by atoms with Gasteiger partial charge in [0.1, 0.15) is 11.5 Å². The first-order valence-corrected chi connectivity index (χ1v) is 13.3. The minimum Gasteiger partial charge on any atom is -0.493 e. The van der Waals surface area contributed by atoms with Crippen molar-refractivity contribution in [2.75, 3.05) is 18.5 Å². The molecule has 0 heterocycles. The van der Waals surface area contributed by atoms with Crippen molar-refractivity contribution in [2.24, 2.45) is 0 Å². The molecule has 0 spiro atoms. The van der Waals surface area contributed by atoms with Crippen molar-refractivity contribution in [2.45, 2.75) is 84.0 Å². The largest absolute Gasteiger partial charge is 0.493 e. The molecule has 0 radical (unpaired) electrons. The Kier molecular flexibility index (Phi) is 13.3. The van der Waals surface area contributed by atoms with Gasteiger partial charge < -0.3 is 9.47 Å². The van der Waals surface area contributed by atoms with Crippen molar-refractivity contribution < 1.29 is 9.47 Å². The molecule has 30 heavy (non-hydrogen) atoms. The molecule has 0 amide bonds. The minimum atomic E-state index is 0.643. The van der Waals surface area contributed by atoms with Gasteiger partial charge in [-0.25, -0.2) is 0 Å². The monoisotopic (exact) mass is 496 g/mol. The Bertz CT molecular complexity index is 719. The SMILES string of the molecule is CCCCCCCCOc1c(Cl)cc(OCCCCCCCCBr)c2ccccc12. The molecule has 168 valence electrons. The summed E-state index contributed by atoms with van der Waals surface area (Å²) in [5.41, 5.74) is 0. The molecule has 0 aliphatic carbocycles. The predicted molar refractivity (Wildman–Crippen MR) is 135 cm³/mol. The van der Waals surface area contributed by atoms with Gasteiger partial charge in [0.15, 0.2) is 0 Å². The standard InChI is InChI=1S/C26H38BrClO2/c1-2-3-4-5-9-15-20-30-26-23-17-12-11-16-22(23)25(21-24(26)28)29-19-14-10-7-6-8-13-18-27/h11-12,16-17,21H,2-10,13-15,18-20H2,1H3. The molecule has 2 aromatic carbocycles. The van der Waals surface area contributed by atoms with E-state index in [1.54, 1.807) is 0 Å². The molecule has 0 unspecified atom stereocenters. The van der Waals surface area contributed by atoms with Crippen LogP contribution in [0.2, 0.25) is 5.02 Å². The highest BCUT2D eigenvalue weighted by Crippen LogP contribution is 2.39. The number of ether oxygens (including phenoxy) is 2. The Labute approximate surface area is 196 Å². The second-order valence-corrected chi connectivity index (χ2v) is 9.21. The van der Waals surface area contributed by atoms with Crippen molar-refractivity contribution in [3.8, 4) is 11.5 Å². The van der Waals surface area contributed by atoms with Crippen LogP contribution in [0.3, 0.4) is 0 Å². The molecule has 0 aromatic heterocycles. The van der Waals surface area contributed by atoms with Gasteiger partial charge in [-0.2, -0.15) is 0 Å². The van der Waals surface area contributed by atoms with Crippen LogP contribution in [0, 0.1) is 0 Å². The van der Waals surface area contributed by atoms with Crippen LogP contribution in [0.4, 0.5) is 0 Å². The van der Waals surface area contributed by atoms with E-state index in [4.69, 9.17) is 21.1 Å². The number of halogens is 2. The van der Waals surface area contributed by atoms with E-state index in [0.29, 0.717) is 11.6 Å². The average Bonchev–Trinajstić information content (AvgIpc) is 2.76. The molecular weight excluding hydrogens is 460 g/mol. The van der Waals surface area contributed by atoms with Gasteiger partial charge in [-0.15, -0.1) is 0 Å². The molecule has 0 aliphatic heterocycles. The first-order valence-electron chi connectivity index (χ1n) is 11.8. The van der Waals surface area contributed by atoms with Gasteiger partial charge in [-0.1, -0.05) is 117 Å². The van der Waals surface area contributed by atoms with Gasteiger partial charge >= 0.3 is 0 Å². The van der Waals surface area contributed by atoms with Crippen LogP contribution in [-0.4, -0.2) is 18.5 Å². The van der Waals surface area contributed by atoms with E-state index in [2.05, 4.69) is 35.0 Å². The quantitative estimate of drug-likeness (QED) is 0.160. The second-order valence-electron chi connectivity index (χ2n) is 8.01. The predicted octanol–water partition coefficient (Wildman–Crippen LogP) is 9.35. The Morgan fingerprint density at radius 3 is 1.97 bits per heavy atom. The molecule has 0 saturated heterocycles. The summed E-state index contributed by atoms with van der Waals surface area (Å²) in [6.07, 6.45) is 15.0. The van der Waals surface area contributed by atoms with Crippen LogP contribution < -0.4 is 9.47 Å². The molecule has 0 bridgehead atoms. The lowest BCUT2D eigenvalue weighted by Gasteiger charge is -2.15. The Morgan fingerprint density at radius 2 is 1.30 bits per heavy atom. The summed E-state index contributed by atoms with van der Waals surface area (Å²) in [6, 6.07) is 10.2. The number of hydrogen-bond donors (Lipinski definition) is 0. The Morgan fingerprint density at radius 1 is 0.733 bits per heavy atom. The van der Waals surface area contributed by atoms with Crippen LogP contribution in [0.1, 0.15) is 84.0 Å². The topological polar surface area (TPSA) is 18.5 Å². The summed E-state index contributed by atoms with van der Waals surface area (Å²) in [7, 11) is 0. The third-order valence-electron chi connectivity index (χ3n) is 5.44. The van der Waals surface area contributed by atoms with Crippen molar-refractivity contribution >= 4 is 38.3 Å². The lowest BCUT2D eigenvalue weighted by atomic mass is 10.1. The molecule has 0 saturated carbocycles. The molecule has 0 atom stereocenters. The van der Waals surface area contributed by atoms with Gasteiger partial charge in [-0.3, -0.25) is 0 Å². The average molecular weight is 498 g/mol. The molecule has 2 nitrogen and oxygen atoms in total. The summed E-state index contributed by atoms with van der Waals surface area (Å²) in [5, 5.41) is 3.88. The lowest BCUT2D eigenvalue weighted by Crippen LogP contribution is -2.01. The number of hydrogen-bond acceptors (Lipinski definition) is 2. The van der Waals surface area contributed by atoms with Crippen molar-refractivity contribution in [3.63, 3.8) is 0 Å². The highest BCUT2D eigenvalue weighted by Gasteiger charge is 2.13. The first kappa shape index (κ1) is 25.3. The zero-order valence-electron chi connectivity index (χ0n) is 18.6. The fraction of sp³-hybridized carbons (Fsp3) is 0.615. The molecule has 0 N–H and O–H groups in total. The van der Waals surface area contributed by atoms with E-state index < -0.39 is 0 Å². The van der Waals surface area contributed by atoms with Gasteiger partial charge in [-0.05, 0) is 19.3 Å². The van der Waals surface area contributed by atoms with E-state index in [-0.39, 0.29) is 0 Å². The number of benzene rings is 2. The maximum atomic E-state index is 6.59. The lowest BCUT2D eigenvalue weighted by molar-refractivity contribution is 0.301. The highest BCUT2D eigenvalue weighted by molar-refractivity contribution is 9.09. The maximum absolute atomic E-state index is 6.59. The highest BCUT2D eigenvalue weighted by atomic mass is 79.9. The number of unbranched alkanes of at least 4 members (excludes halogenated alkanes) is 10. The van der Waals surface area contributed by atoms with E-state index in [0.717, 1.165) is 47.1 Å². The van der Waals surface area contributed by atoms with Gasteiger partial charge in [0, 0.05) is 22.2 Å². The molecule has 0 aliphatic rings.